The fraction of sp³-hybridized carbons (Fsp3) is 0.690. The van der Waals surface area contributed by atoms with Crippen molar-refractivity contribution in [1.82, 2.24) is 9.80 Å². The van der Waals surface area contributed by atoms with Gasteiger partial charge >= 0.3 is 0 Å². The van der Waals surface area contributed by atoms with Crippen molar-refractivity contribution in [2.45, 2.75) is 40.0 Å². The van der Waals surface area contributed by atoms with Crippen LogP contribution < -0.4 is 9.47 Å². The molecule has 4 rings (SSSR count). The molecule has 39 heavy (non-hydrogen) atoms. The maximum absolute atomic E-state index is 13.5. The van der Waals surface area contributed by atoms with Crippen molar-refractivity contribution >= 4 is 5.91 Å². The first kappa shape index (κ1) is 29.6. The number of aliphatic hydroxyl groups is 1. The van der Waals surface area contributed by atoms with Crippen molar-refractivity contribution < 1.29 is 38.3 Å². The summed E-state index contributed by atoms with van der Waals surface area (Å²) in [5.41, 5.74) is 1.17. The molecule has 1 fully saturated rings. The number of rotatable bonds is 14. The Morgan fingerprint density at radius 2 is 1.79 bits per heavy atom. The number of aliphatic hydroxyl groups excluding tert-OH is 1. The van der Waals surface area contributed by atoms with E-state index in [2.05, 4.69) is 24.8 Å². The summed E-state index contributed by atoms with van der Waals surface area (Å²) < 4.78 is 34.1. The van der Waals surface area contributed by atoms with Crippen molar-refractivity contribution in [2.24, 2.45) is 17.8 Å². The quantitative estimate of drug-likeness (QED) is 0.352. The molecule has 1 aromatic carbocycles. The average Bonchev–Trinajstić information content (AvgIpc) is 3.41. The third kappa shape index (κ3) is 8.08. The molecule has 0 radical (unpaired) electrons. The normalized spacial score (nSPS) is 23.2. The fourth-order valence-electron chi connectivity index (χ4n) is 5.36. The molecule has 3 aliphatic heterocycles. The Kier molecular flexibility index (Phi) is 11.3. The smallest absolute Gasteiger partial charge is 0.288 e. The van der Waals surface area contributed by atoms with Gasteiger partial charge in [0.15, 0.2) is 17.3 Å². The standard InChI is InChI=1S/C29H44N2O8/c1-4-36-29-23(7-13-34-15-16-35-14-12-32)24(21(2)3)18-27(39-29)28(33)31-10-8-30(9-11-31)19-22-5-6-25-26(17-22)38-20-37-25/h5-6,17-18,21,23-24,29,32H,4,7-16,19-20H2,1-3H3/t23-,24-,29-/m1/s1. The topological polar surface area (TPSA) is 99.2 Å². The first-order chi connectivity index (χ1) is 19.0. The highest BCUT2D eigenvalue weighted by Crippen LogP contribution is 2.37. The molecule has 0 saturated carbocycles. The molecule has 1 amide bonds. The maximum Gasteiger partial charge on any atom is 0.288 e. The minimum atomic E-state index is -0.493. The second-order valence-corrected chi connectivity index (χ2v) is 10.5. The number of carbonyl (C=O) groups is 1. The van der Waals surface area contributed by atoms with E-state index in [1.165, 1.54) is 5.56 Å². The largest absolute Gasteiger partial charge is 0.459 e. The number of benzene rings is 1. The summed E-state index contributed by atoms with van der Waals surface area (Å²) in [4.78, 5) is 17.8. The maximum atomic E-state index is 13.5. The molecule has 1 N–H and O–H groups in total. The molecule has 1 saturated heterocycles. The Bertz CT molecular complexity index is 947. The Balaban J connectivity index is 1.31. The molecule has 10 heteroatoms. The number of nitrogens with zero attached hydrogens (tertiary/aromatic N) is 2. The Morgan fingerprint density at radius 3 is 2.51 bits per heavy atom. The van der Waals surface area contributed by atoms with Crippen molar-refractivity contribution in [1.29, 1.82) is 0 Å². The van der Waals surface area contributed by atoms with Crippen LogP contribution in [0.3, 0.4) is 0 Å². The molecule has 10 nitrogen and oxygen atoms in total. The monoisotopic (exact) mass is 548 g/mol. The first-order valence-corrected chi connectivity index (χ1v) is 14.2. The summed E-state index contributed by atoms with van der Waals surface area (Å²) in [6.45, 7) is 12.5. The van der Waals surface area contributed by atoms with Gasteiger partial charge in [-0.05, 0) is 49.0 Å². The summed E-state index contributed by atoms with van der Waals surface area (Å²) in [7, 11) is 0. The predicted molar refractivity (Wildman–Crippen MR) is 144 cm³/mol. The van der Waals surface area contributed by atoms with Crippen LogP contribution in [-0.4, -0.2) is 99.7 Å². The number of ether oxygens (including phenoxy) is 6. The lowest BCUT2D eigenvalue weighted by atomic mass is 9.79. The highest BCUT2D eigenvalue weighted by molar-refractivity contribution is 5.91. The number of amides is 1. The van der Waals surface area contributed by atoms with Crippen molar-refractivity contribution in [3.05, 3.63) is 35.6 Å². The number of hydrogen-bond acceptors (Lipinski definition) is 9. The van der Waals surface area contributed by atoms with Gasteiger partial charge in [-0.3, -0.25) is 9.69 Å². The average molecular weight is 549 g/mol. The van der Waals surface area contributed by atoms with Crippen LogP contribution in [0.4, 0.5) is 0 Å². The van der Waals surface area contributed by atoms with Gasteiger partial charge in [0.05, 0.1) is 26.4 Å². The van der Waals surface area contributed by atoms with E-state index in [-0.39, 0.29) is 31.1 Å². The third-order valence-corrected chi connectivity index (χ3v) is 7.45. The van der Waals surface area contributed by atoms with Crippen LogP contribution in [0.1, 0.15) is 32.8 Å². The lowest BCUT2D eigenvalue weighted by Gasteiger charge is -2.40. The van der Waals surface area contributed by atoms with E-state index in [1.807, 2.05) is 30.0 Å². The number of piperazine rings is 1. The lowest BCUT2D eigenvalue weighted by Crippen LogP contribution is -2.50. The Labute approximate surface area is 231 Å². The minimum Gasteiger partial charge on any atom is -0.459 e. The van der Waals surface area contributed by atoms with Gasteiger partial charge in [0.2, 0.25) is 13.1 Å². The number of fused-ring (bicyclic) bond motifs is 1. The van der Waals surface area contributed by atoms with Crippen LogP contribution in [0.2, 0.25) is 0 Å². The molecule has 1 aromatic rings. The zero-order valence-electron chi connectivity index (χ0n) is 23.5. The van der Waals surface area contributed by atoms with E-state index in [4.69, 9.17) is 33.5 Å². The Hall–Kier alpha value is -2.37. The molecule has 0 spiro atoms. The fourth-order valence-corrected chi connectivity index (χ4v) is 5.36. The first-order valence-electron chi connectivity index (χ1n) is 14.2. The van der Waals surface area contributed by atoms with Gasteiger partial charge < -0.3 is 38.4 Å². The lowest BCUT2D eigenvalue weighted by molar-refractivity contribution is -0.180. The third-order valence-electron chi connectivity index (χ3n) is 7.45. The molecule has 3 atom stereocenters. The van der Waals surface area contributed by atoms with Crippen LogP contribution in [0, 0.1) is 17.8 Å². The number of allylic oxidation sites excluding steroid dienone is 1. The summed E-state index contributed by atoms with van der Waals surface area (Å²) in [5, 5.41) is 8.80. The van der Waals surface area contributed by atoms with Gasteiger partial charge in [-0.15, -0.1) is 0 Å². The summed E-state index contributed by atoms with van der Waals surface area (Å²) >= 11 is 0. The molecule has 0 bridgehead atoms. The number of carbonyl (C=O) groups excluding carboxylic acids is 1. The predicted octanol–water partition coefficient (Wildman–Crippen LogP) is 2.64. The molecule has 0 aliphatic carbocycles. The summed E-state index contributed by atoms with van der Waals surface area (Å²) in [6, 6.07) is 6.06. The zero-order chi connectivity index (χ0) is 27.6. The van der Waals surface area contributed by atoms with Gasteiger partial charge in [-0.25, -0.2) is 0 Å². The van der Waals surface area contributed by atoms with Crippen molar-refractivity contribution in [3.8, 4) is 11.5 Å². The van der Waals surface area contributed by atoms with Crippen LogP contribution in [0.25, 0.3) is 0 Å². The number of hydrogen-bond donors (Lipinski definition) is 1. The molecule has 218 valence electrons. The van der Waals surface area contributed by atoms with Crippen molar-refractivity contribution in [2.75, 3.05) is 72.6 Å². The van der Waals surface area contributed by atoms with Gasteiger partial charge in [0.1, 0.15) is 0 Å². The van der Waals surface area contributed by atoms with Gasteiger partial charge in [-0.2, -0.15) is 0 Å². The summed E-state index contributed by atoms with van der Waals surface area (Å²) in [5.74, 6) is 2.45. The van der Waals surface area contributed by atoms with E-state index in [0.717, 1.165) is 37.6 Å². The van der Waals surface area contributed by atoms with Crippen molar-refractivity contribution in [3.63, 3.8) is 0 Å². The minimum absolute atomic E-state index is 0.00968. The van der Waals surface area contributed by atoms with Gasteiger partial charge in [0, 0.05) is 51.9 Å². The van der Waals surface area contributed by atoms with E-state index in [9.17, 15) is 4.79 Å². The summed E-state index contributed by atoms with van der Waals surface area (Å²) in [6.07, 6.45) is 2.27. The molecule has 3 aliphatic rings. The van der Waals surface area contributed by atoms with Crippen LogP contribution in [-0.2, 0) is 30.3 Å². The van der Waals surface area contributed by atoms with E-state index < -0.39 is 6.29 Å². The highest BCUT2D eigenvalue weighted by Gasteiger charge is 2.39. The highest BCUT2D eigenvalue weighted by atomic mass is 16.7. The second kappa shape index (κ2) is 14.9. The molecular weight excluding hydrogens is 504 g/mol. The molecule has 0 unspecified atom stereocenters. The van der Waals surface area contributed by atoms with E-state index in [1.54, 1.807) is 0 Å². The zero-order valence-corrected chi connectivity index (χ0v) is 23.5. The van der Waals surface area contributed by atoms with Gasteiger partial charge in [-0.1, -0.05) is 19.9 Å². The molecule has 3 heterocycles. The van der Waals surface area contributed by atoms with Gasteiger partial charge in [0.25, 0.3) is 5.91 Å². The molecular formula is C29H44N2O8. The molecule has 0 aromatic heterocycles. The van der Waals surface area contributed by atoms with E-state index >= 15 is 0 Å². The SMILES string of the molecule is CCO[C@@H]1OC(C(=O)N2CCN(Cc3ccc4c(c3)OCO4)CC2)=C[C@H](C(C)C)[C@H]1CCOCCOCCO. The van der Waals surface area contributed by atoms with Crippen LogP contribution >= 0.6 is 0 Å². The Morgan fingerprint density at radius 1 is 1.05 bits per heavy atom. The second-order valence-electron chi connectivity index (χ2n) is 10.5. The van der Waals surface area contributed by atoms with Crippen LogP contribution in [0.15, 0.2) is 30.0 Å². The van der Waals surface area contributed by atoms with Crippen LogP contribution in [0.5, 0.6) is 11.5 Å². The van der Waals surface area contributed by atoms with E-state index in [0.29, 0.717) is 57.8 Å².